The van der Waals surface area contributed by atoms with Gasteiger partial charge in [-0.05, 0) is 31.9 Å². The van der Waals surface area contributed by atoms with Crippen LogP contribution in [0.1, 0.15) is 38.4 Å². The number of nitrogens with zero attached hydrogens (tertiary/aromatic N) is 3. The molecule has 0 radical (unpaired) electrons. The molecule has 0 aliphatic heterocycles. The van der Waals surface area contributed by atoms with Gasteiger partial charge in [0.05, 0.1) is 21.9 Å². The second-order valence-electron chi connectivity index (χ2n) is 6.36. The van der Waals surface area contributed by atoms with Crippen LogP contribution in [-0.4, -0.2) is 26.3 Å². The highest BCUT2D eigenvalue weighted by Gasteiger charge is 2.16. The predicted molar refractivity (Wildman–Crippen MR) is 97.6 cm³/mol. The van der Waals surface area contributed by atoms with Gasteiger partial charge in [-0.3, -0.25) is 24.8 Å². The van der Waals surface area contributed by atoms with Crippen LogP contribution in [0.3, 0.4) is 0 Å². The normalized spacial score (nSPS) is 11.7. The number of hydrogen-bond donors (Lipinski definition) is 2. The first-order valence-electron chi connectivity index (χ1n) is 8.10. The standard InChI is InChI=1S/C17H21N5O4/c1-10(2)9-15(23)19-18-11(3)16-12(4)20-21(17(16)24)13-5-7-14(8-6-13)22(25)26/h5-8,10,20H,9H2,1-4H3,(H,19,23). The van der Waals surface area contributed by atoms with Crippen molar-refractivity contribution in [1.82, 2.24) is 15.2 Å². The summed E-state index contributed by atoms with van der Waals surface area (Å²) in [5.41, 5.74) is 3.80. The van der Waals surface area contributed by atoms with Gasteiger partial charge in [0.1, 0.15) is 0 Å². The first-order valence-corrected chi connectivity index (χ1v) is 8.10. The number of aromatic amines is 1. The third-order valence-electron chi connectivity index (χ3n) is 3.69. The van der Waals surface area contributed by atoms with E-state index in [1.807, 2.05) is 13.8 Å². The highest BCUT2D eigenvalue weighted by molar-refractivity contribution is 6.00. The summed E-state index contributed by atoms with van der Waals surface area (Å²) in [7, 11) is 0. The Bertz CT molecular complexity index is 906. The molecule has 9 heteroatoms. The average molecular weight is 359 g/mol. The number of nitro groups is 1. The number of hydrogen-bond acceptors (Lipinski definition) is 5. The Hall–Kier alpha value is -3.23. The summed E-state index contributed by atoms with van der Waals surface area (Å²) in [5, 5.41) is 17.7. The summed E-state index contributed by atoms with van der Waals surface area (Å²) in [6, 6.07) is 5.61. The van der Waals surface area contributed by atoms with Gasteiger partial charge in [0.2, 0.25) is 5.91 Å². The molecule has 1 heterocycles. The summed E-state index contributed by atoms with van der Waals surface area (Å²) in [6.45, 7) is 7.20. The van der Waals surface area contributed by atoms with Crippen LogP contribution in [0, 0.1) is 23.0 Å². The van der Waals surface area contributed by atoms with Crippen molar-refractivity contribution in [2.24, 2.45) is 11.0 Å². The zero-order chi connectivity index (χ0) is 19.4. The van der Waals surface area contributed by atoms with Crippen molar-refractivity contribution >= 4 is 17.3 Å². The fraction of sp³-hybridized carbons (Fsp3) is 0.353. The van der Waals surface area contributed by atoms with E-state index in [0.29, 0.717) is 29.1 Å². The van der Waals surface area contributed by atoms with E-state index in [0.717, 1.165) is 0 Å². The Kier molecular flexibility index (Phi) is 5.71. The molecule has 26 heavy (non-hydrogen) atoms. The molecule has 138 valence electrons. The van der Waals surface area contributed by atoms with E-state index in [9.17, 15) is 19.7 Å². The molecule has 0 spiro atoms. The molecule has 0 saturated carbocycles. The minimum atomic E-state index is -0.505. The van der Waals surface area contributed by atoms with Crippen LogP contribution in [0.2, 0.25) is 0 Å². The molecule has 0 aliphatic rings. The number of benzene rings is 1. The van der Waals surface area contributed by atoms with E-state index in [-0.39, 0.29) is 23.1 Å². The molecule has 0 aliphatic carbocycles. The van der Waals surface area contributed by atoms with E-state index >= 15 is 0 Å². The Labute approximate surface area is 149 Å². The molecule has 1 aromatic carbocycles. The SMILES string of the molecule is CC(=NNC(=O)CC(C)C)c1c(C)[nH]n(-c2ccc([N+](=O)[O-])cc2)c1=O. The van der Waals surface area contributed by atoms with Crippen LogP contribution in [0.4, 0.5) is 5.69 Å². The highest BCUT2D eigenvalue weighted by atomic mass is 16.6. The molecule has 2 rings (SSSR count). The minimum absolute atomic E-state index is 0.0593. The van der Waals surface area contributed by atoms with Gasteiger partial charge in [-0.15, -0.1) is 0 Å². The molecule has 2 aromatic rings. The minimum Gasteiger partial charge on any atom is -0.295 e. The Morgan fingerprint density at radius 2 is 1.96 bits per heavy atom. The van der Waals surface area contributed by atoms with E-state index in [4.69, 9.17) is 0 Å². The van der Waals surface area contributed by atoms with Crippen LogP contribution in [0.5, 0.6) is 0 Å². The second kappa shape index (κ2) is 7.77. The Morgan fingerprint density at radius 3 is 2.50 bits per heavy atom. The van der Waals surface area contributed by atoms with Crippen molar-refractivity contribution in [1.29, 1.82) is 0 Å². The lowest BCUT2D eigenvalue weighted by atomic mass is 10.1. The lowest BCUT2D eigenvalue weighted by Gasteiger charge is -2.03. The maximum Gasteiger partial charge on any atom is 0.280 e. The maximum absolute atomic E-state index is 12.7. The topological polar surface area (TPSA) is 122 Å². The predicted octanol–water partition coefficient (Wildman–Crippen LogP) is 2.27. The molecule has 0 bridgehead atoms. The largest absolute Gasteiger partial charge is 0.295 e. The van der Waals surface area contributed by atoms with E-state index < -0.39 is 4.92 Å². The number of non-ortho nitro benzene ring substituents is 1. The van der Waals surface area contributed by atoms with Crippen LogP contribution in [0.25, 0.3) is 5.69 Å². The number of rotatable bonds is 6. The number of carbonyl (C=O) groups is 1. The highest BCUT2D eigenvalue weighted by Crippen LogP contribution is 2.14. The second-order valence-corrected chi connectivity index (χ2v) is 6.36. The molecule has 1 amide bonds. The smallest absolute Gasteiger partial charge is 0.280 e. The zero-order valence-corrected chi connectivity index (χ0v) is 15.1. The first-order chi connectivity index (χ1) is 12.2. The van der Waals surface area contributed by atoms with Gasteiger partial charge in [-0.2, -0.15) is 5.10 Å². The van der Waals surface area contributed by atoms with E-state index in [2.05, 4.69) is 15.6 Å². The van der Waals surface area contributed by atoms with Crippen molar-refractivity contribution in [3.05, 3.63) is 56.0 Å². The van der Waals surface area contributed by atoms with Crippen molar-refractivity contribution < 1.29 is 9.72 Å². The summed E-state index contributed by atoms with van der Waals surface area (Å²) >= 11 is 0. The van der Waals surface area contributed by atoms with Crippen molar-refractivity contribution in [3.63, 3.8) is 0 Å². The van der Waals surface area contributed by atoms with Crippen LogP contribution < -0.4 is 11.0 Å². The Balaban J connectivity index is 2.31. The lowest BCUT2D eigenvalue weighted by molar-refractivity contribution is -0.384. The van der Waals surface area contributed by atoms with Gasteiger partial charge in [0, 0.05) is 24.2 Å². The average Bonchev–Trinajstić information content (AvgIpc) is 2.87. The van der Waals surface area contributed by atoms with Gasteiger partial charge < -0.3 is 0 Å². The van der Waals surface area contributed by atoms with Gasteiger partial charge in [0.25, 0.3) is 11.2 Å². The van der Waals surface area contributed by atoms with Gasteiger partial charge in [0.15, 0.2) is 0 Å². The number of nitrogens with one attached hydrogen (secondary N) is 2. The zero-order valence-electron chi connectivity index (χ0n) is 15.1. The first kappa shape index (κ1) is 19.1. The lowest BCUT2D eigenvalue weighted by Crippen LogP contribution is -2.24. The molecule has 0 fully saturated rings. The number of H-pyrrole nitrogens is 1. The molecular weight excluding hydrogens is 338 g/mol. The number of hydrazone groups is 1. The number of carbonyl (C=O) groups excluding carboxylic acids is 1. The molecule has 9 nitrogen and oxygen atoms in total. The van der Waals surface area contributed by atoms with E-state index in [1.165, 1.54) is 28.9 Å². The summed E-state index contributed by atoms with van der Waals surface area (Å²) in [4.78, 5) is 34.6. The molecule has 2 N–H and O–H groups in total. The van der Waals surface area contributed by atoms with Crippen LogP contribution in [-0.2, 0) is 4.79 Å². The van der Waals surface area contributed by atoms with Crippen LogP contribution >= 0.6 is 0 Å². The summed E-state index contributed by atoms with van der Waals surface area (Å²) in [5.74, 6) is -0.0119. The molecule has 0 atom stereocenters. The number of amides is 1. The van der Waals surface area contributed by atoms with Gasteiger partial charge in [-0.1, -0.05) is 13.8 Å². The third kappa shape index (κ3) is 4.24. The van der Waals surface area contributed by atoms with Crippen LogP contribution in [0.15, 0.2) is 34.2 Å². The summed E-state index contributed by atoms with van der Waals surface area (Å²) in [6.07, 6.45) is 0.343. The molecule has 0 unspecified atom stereocenters. The Morgan fingerprint density at radius 1 is 1.35 bits per heavy atom. The number of aryl methyl sites for hydroxylation is 1. The van der Waals surface area contributed by atoms with Crippen molar-refractivity contribution in [3.8, 4) is 5.69 Å². The monoisotopic (exact) mass is 359 g/mol. The fourth-order valence-electron chi connectivity index (χ4n) is 2.50. The number of nitro benzene ring substituents is 1. The van der Waals surface area contributed by atoms with Gasteiger partial charge in [-0.25, -0.2) is 10.1 Å². The summed E-state index contributed by atoms with van der Waals surface area (Å²) < 4.78 is 1.28. The van der Waals surface area contributed by atoms with Crippen molar-refractivity contribution in [2.45, 2.75) is 34.1 Å². The quantitative estimate of drug-likeness (QED) is 0.466. The number of aromatic nitrogens is 2. The molecule has 0 saturated heterocycles. The molecule has 1 aromatic heterocycles. The maximum atomic E-state index is 12.7. The van der Waals surface area contributed by atoms with Crippen molar-refractivity contribution in [2.75, 3.05) is 0 Å². The molecular formula is C17H21N5O4. The third-order valence-corrected chi connectivity index (χ3v) is 3.69. The fourth-order valence-corrected chi connectivity index (χ4v) is 2.50. The van der Waals surface area contributed by atoms with E-state index in [1.54, 1.807) is 13.8 Å². The van der Waals surface area contributed by atoms with Gasteiger partial charge >= 0.3 is 0 Å².